The molecule has 2 heterocycles. The van der Waals surface area contributed by atoms with Crippen LogP contribution in [0.15, 0.2) is 0 Å². The van der Waals surface area contributed by atoms with E-state index in [2.05, 4.69) is 10.2 Å². The van der Waals surface area contributed by atoms with Crippen molar-refractivity contribution in [1.29, 1.82) is 0 Å². The van der Waals surface area contributed by atoms with Crippen molar-refractivity contribution in [2.75, 3.05) is 38.2 Å². The van der Waals surface area contributed by atoms with E-state index in [1.807, 2.05) is 7.05 Å². The predicted molar refractivity (Wildman–Crippen MR) is 69.9 cm³/mol. The Hall–Kier alpha value is -0.130. The summed E-state index contributed by atoms with van der Waals surface area (Å²) in [7, 11) is -0.759. The van der Waals surface area contributed by atoms with Crippen LogP contribution >= 0.6 is 0 Å². The van der Waals surface area contributed by atoms with Gasteiger partial charge in [0.15, 0.2) is 9.84 Å². The van der Waals surface area contributed by atoms with Crippen molar-refractivity contribution >= 4 is 9.84 Å². The zero-order valence-electron chi connectivity index (χ0n) is 10.7. The van der Waals surface area contributed by atoms with Crippen LogP contribution in [0.5, 0.6) is 0 Å². The summed E-state index contributed by atoms with van der Waals surface area (Å²) in [5.74, 6) is 1.57. The van der Waals surface area contributed by atoms with E-state index in [1.54, 1.807) is 0 Å². The zero-order valence-corrected chi connectivity index (χ0v) is 11.5. The Balaban J connectivity index is 1.84. The average Bonchev–Trinajstić information content (AvgIpc) is 2.29. The number of hydrogen-bond acceptors (Lipinski definition) is 4. The first-order valence-corrected chi connectivity index (χ1v) is 8.52. The topological polar surface area (TPSA) is 49.4 Å². The van der Waals surface area contributed by atoms with Crippen molar-refractivity contribution in [2.24, 2.45) is 5.92 Å². The number of piperidine rings is 1. The maximum Gasteiger partial charge on any atom is 0.151 e. The standard InChI is InChI=1S/C12H24N2O2S/c1-13-9-11-4-6-14(7-5-11)12-3-2-8-17(15,16)10-12/h11-13H,2-10H2,1H3. The Morgan fingerprint density at radius 3 is 2.53 bits per heavy atom. The fraction of sp³-hybridized carbons (Fsp3) is 1.00. The third-order valence-corrected chi connectivity index (χ3v) is 5.90. The molecule has 2 saturated heterocycles. The maximum absolute atomic E-state index is 11.6. The van der Waals surface area contributed by atoms with E-state index in [4.69, 9.17) is 0 Å². The van der Waals surface area contributed by atoms with Gasteiger partial charge in [-0.15, -0.1) is 0 Å². The van der Waals surface area contributed by atoms with Crippen molar-refractivity contribution in [2.45, 2.75) is 31.7 Å². The SMILES string of the molecule is CNCC1CCN(C2CCCS(=O)(=O)C2)CC1. The largest absolute Gasteiger partial charge is 0.319 e. The van der Waals surface area contributed by atoms with Gasteiger partial charge >= 0.3 is 0 Å². The van der Waals surface area contributed by atoms with Gasteiger partial charge in [0.25, 0.3) is 0 Å². The average molecular weight is 260 g/mol. The second-order valence-electron chi connectivity index (χ2n) is 5.45. The van der Waals surface area contributed by atoms with E-state index in [-0.39, 0.29) is 0 Å². The third-order valence-electron chi connectivity index (χ3n) is 4.10. The number of likely N-dealkylation sites (tertiary alicyclic amines) is 1. The molecule has 1 N–H and O–H groups in total. The van der Waals surface area contributed by atoms with Crippen molar-refractivity contribution in [3.8, 4) is 0 Å². The van der Waals surface area contributed by atoms with Gasteiger partial charge in [-0.05, 0) is 58.3 Å². The van der Waals surface area contributed by atoms with Gasteiger partial charge in [0, 0.05) is 6.04 Å². The van der Waals surface area contributed by atoms with Gasteiger partial charge in [-0.25, -0.2) is 8.42 Å². The number of rotatable bonds is 3. The summed E-state index contributed by atoms with van der Waals surface area (Å²) >= 11 is 0. The molecule has 2 fully saturated rings. The highest BCUT2D eigenvalue weighted by atomic mass is 32.2. The normalized spacial score (nSPS) is 31.5. The van der Waals surface area contributed by atoms with E-state index in [0.29, 0.717) is 17.5 Å². The van der Waals surface area contributed by atoms with Gasteiger partial charge < -0.3 is 5.32 Å². The summed E-state index contributed by atoms with van der Waals surface area (Å²) in [4.78, 5) is 2.41. The van der Waals surface area contributed by atoms with E-state index in [0.717, 1.165) is 38.4 Å². The molecule has 2 aliphatic heterocycles. The van der Waals surface area contributed by atoms with Crippen LogP contribution in [0.2, 0.25) is 0 Å². The van der Waals surface area contributed by atoms with E-state index >= 15 is 0 Å². The Labute approximate surface area is 105 Å². The molecule has 1 atom stereocenters. The van der Waals surface area contributed by atoms with Crippen LogP contribution in [0, 0.1) is 5.92 Å². The summed E-state index contributed by atoms with van der Waals surface area (Å²) in [5, 5.41) is 3.23. The molecule has 1 unspecified atom stereocenters. The molecular formula is C12H24N2O2S. The molecule has 4 nitrogen and oxygen atoms in total. The van der Waals surface area contributed by atoms with E-state index in [1.165, 1.54) is 12.8 Å². The summed E-state index contributed by atoms with van der Waals surface area (Å²) < 4.78 is 23.3. The summed E-state index contributed by atoms with van der Waals surface area (Å²) in [6.07, 6.45) is 4.33. The molecule has 100 valence electrons. The predicted octanol–water partition coefficient (Wildman–Crippen LogP) is 0.495. The Bertz CT molecular complexity index is 334. The molecule has 0 aromatic carbocycles. The first kappa shape index (κ1) is 13.3. The molecule has 0 aromatic heterocycles. The highest BCUT2D eigenvalue weighted by molar-refractivity contribution is 7.91. The van der Waals surface area contributed by atoms with Crippen LogP contribution in [0.25, 0.3) is 0 Å². The molecule has 0 amide bonds. The maximum atomic E-state index is 11.6. The molecule has 2 rings (SSSR count). The summed E-state index contributed by atoms with van der Waals surface area (Å²) in [5.41, 5.74) is 0. The monoisotopic (exact) mass is 260 g/mol. The lowest BCUT2D eigenvalue weighted by atomic mass is 9.95. The van der Waals surface area contributed by atoms with Crippen molar-refractivity contribution < 1.29 is 8.42 Å². The minimum absolute atomic E-state index is 0.296. The molecule has 5 heteroatoms. The van der Waals surface area contributed by atoms with Gasteiger partial charge in [-0.3, -0.25) is 4.90 Å². The van der Waals surface area contributed by atoms with Crippen LogP contribution in [-0.2, 0) is 9.84 Å². The van der Waals surface area contributed by atoms with Crippen molar-refractivity contribution in [1.82, 2.24) is 10.2 Å². The van der Waals surface area contributed by atoms with Crippen LogP contribution in [-0.4, -0.2) is 57.5 Å². The molecule has 17 heavy (non-hydrogen) atoms. The quantitative estimate of drug-likeness (QED) is 0.802. The minimum atomic E-state index is -2.76. The summed E-state index contributed by atoms with van der Waals surface area (Å²) in [6.45, 7) is 3.25. The van der Waals surface area contributed by atoms with Gasteiger partial charge in [0.05, 0.1) is 11.5 Å². The first-order valence-electron chi connectivity index (χ1n) is 6.70. The third kappa shape index (κ3) is 3.66. The van der Waals surface area contributed by atoms with Crippen LogP contribution in [0.4, 0.5) is 0 Å². The van der Waals surface area contributed by atoms with Crippen LogP contribution < -0.4 is 5.32 Å². The second kappa shape index (κ2) is 5.67. The Morgan fingerprint density at radius 1 is 1.24 bits per heavy atom. The van der Waals surface area contributed by atoms with Gasteiger partial charge in [0.2, 0.25) is 0 Å². The minimum Gasteiger partial charge on any atom is -0.319 e. The van der Waals surface area contributed by atoms with Crippen LogP contribution in [0.1, 0.15) is 25.7 Å². The highest BCUT2D eigenvalue weighted by Crippen LogP contribution is 2.23. The van der Waals surface area contributed by atoms with Crippen molar-refractivity contribution in [3.63, 3.8) is 0 Å². The highest BCUT2D eigenvalue weighted by Gasteiger charge is 2.31. The second-order valence-corrected chi connectivity index (χ2v) is 7.68. The van der Waals surface area contributed by atoms with Gasteiger partial charge in [-0.1, -0.05) is 0 Å². The number of sulfone groups is 1. The molecule has 0 aliphatic carbocycles. The molecule has 2 aliphatic rings. The molecule has 0 bridgehead atoms. The number of hydrogen-bond donors (Lipinski definition) is 1. The lowest BCUT2D eigenvalue weighted by Crippen LogP contribution is -2.47. The Kier molecular flexibility index (Phi) is 4.44. The fourth-order valence-corrected chi connectivity index (χ4v) is 4.83. The van der Waals surface area contributed by atoms with Crippen molar-refractivity contribution in [3.05, 3.63) is 0 Å². The smallest absolute Gasteiger partial charge is 0.151 e. The van der Waals surface area contributed by atoms with E-state index in [9.17, 15) is 8.42 Å². The number of nitrogens with zero attached hydrogens (tertiary/aromatic N) is 1. The summed E-state index contributed by atoms with van der Waals surface area (Å²) in [6, 6.07) is 0.296. The molecule has 0 saturated carbocycles. The van der Waals surface area contributed by atoms with E-state index < -0.39 is 9.84 Å². The zero-order chi connectivity index (χ0) is 12.3. The molecule has 0 spiro atoms. The van der Waals surface area contributed by atoms with Gasteiger partial charge in [-0.2, -0.15) is 0 Å². The molecule has 0 aromatic rings. The first-order chi connectivity index (χ1) is 8.11. The van der Waals surface area contributed by atoms with Crippen LogP contribution in [0.3, 0.4) is 0 Å². The molecular weight excluding hydrogens is 236 g/mol. The Morgan fingerprint density at radius 2 is 1.94 bits per heavy atom. The fourth-order valence-electron chi connectivity index (χ4n) is 3.10. The molecule has 0 radical (unpaired) electrons. The van der Waals surface area contributed by atoms with Gasteiger partial charge in [0.1, 0.15) is 0 Å². The number of nitrogens with one attached hydrogen (secondary N) is 1. The lowest BCUT2D eigenvalue weighted by Gasteiger charge is -2.39. The lowest BCUT2D eigenvalue weighted by molar-refractivity contribution is 0.134.